The van der Waals surface area contributed by atoms with E-state index >= 15 is 0 Å². The molecule has 11 nitrogen and oxygen atoms in total. The van der Waals surface area contributed by atoms with Crippen molar-refractivity contribution >= 4 is 18.2 Å². The highest BCUT2D eigenvalue weighted by Gasteiger charge is 2.25. The van der Waals surface area contributed by atoms with Gasteiger partial charge in [0.25, 0.3) is 0 Å². The maximum absolute atomic E-state index is 12.0. The molecule has 1 aliphatic carbocycles. The van der Waals surface area contributed by atoms with E-state index in [1.165, 1.54) is 0 Å². The Bertz CT molecular complexity index is 912. The third-order valence-electron chi connectivity index (χ3n) is 4.36. The third-order valence-corrected chi connectivity index (χ3v) is 4.36. The molecule has 2 aromatic rings. The first-order valence-electron chi connectivity index (χ1n) is 9.97. The van der Waals surface area contributed by atoms with Crippen LogP contribution in [0.25, 0.3) is 0 Å². The molecule has 1 aromatic carbocycles. The monoisotopic (exact) mass is 455 g/mol. The minimum absolute atomic E-state index is 0.00990. The Hall–Kier alpha value is -3.63. The number of hydrogen-bond donors (Lipinski definition) is 1. The number of ether oxygens (including phenoxy) is 4. The summed E-state index contributed by atoms with van der Waals surface area (Å²) >= 11 is 0. The van der Waals surface area contributed by atoms with Crippen molar-refractivity contribution in [3.8, 4) is 0 Å². The van der Waals surface area contributed by atoms with E-state index in [0.717, 1.165) is 18.6 Å². The topological polar surface area (TPSA) is 131 Å². The summed E-state index contributed by atoms with van der Waals surface area (Å²) in [6.45, 7) is -0.127. The standard InChI is InChI=1S/C22H23N4O7/c1-30-20(27)19(23-21(28)31-13-17-9-3-2-4-10-17)15-33-22(29)32-14-18-12-26(25-24-18)11-16-7-5-6-8-16/h2-10,12,19H,11,13-15H2,1H3,(H,23,28)/t19-/m0/s1. The van der Waals surface area contributed by atoms with Gasteiger partial charge in [-0.05, 0) is 31.2 Å². The van der Waals surface area contributed by atoms with Crippen LogP contribution in [0.1, 0.15) is 11.3 Å². The third kappa shape index (κ3) is 8.09. The number of alkyl carbamates (subject to hydrolysis) is 1. The van der Waals surface area contributed by atoms with Crippen LogP contribution in [-0.2, 0) is 43.5 Å². The van der Waals surface area contributed by atoms with Crippen LogP contribution in [-0.4, -0.2) is 53.0 Å². The van der Waals surface area contributed by atoms with Crippen LogP contribution < -0.4 is 5.32 Å². The molecule has 33 heavy (non-hydrogen) atoms. The van der Waals surface area contributed by atoms with Gasteiger partial charge in [-0.25, -0.2) is 14.4 Å². The van der Waals surface area contributed by atoms with Gasteiger partial charge in [0.15, 0.2) is 6.04 Å². The van der Waals surface area contributed by atoms with E-state index in [0.29, 0.717) is 12.2 Å². The van der Waals surface area contributed by atoms with Gasteiger partial charge in [-0.15, -0.1) is 5.10 Å². The fraction of sp³-hybridized carbons (Fsp3) is 0.273. The van der Waals surface area contributed by atoms with Crippen molar-refractivity contribution in [2.45, 2.75) is 25.8 Å². The van der Waals surface area contributed by atoms with Gasteiger partial charge in [-0.2, -0.15) is 0 Å². The molecular formula is C22H23N4O7. The summed E-state index contributed by atoms with van der Waals surface area (Å²) in [4.78, 5) is 35.8. The van der Waals surface area contributed by atoms with Crippen molar-refractivity contribution in [3.05, 3.63) is 79.4 Å². The zero-order chi connectivity index (χ0) is 23.5. The number of methoxy groups -OCH3 is 1. The van der Waals surface area contributed by atoms with Crippen LogP contribution in [0.4, 0.5) is 9.59 Å². The summed E-state index contributed by atoms with van der Waals surface area (Å²) in [5, 5.41) is 10.2. The molecule has 11 heteroatoms. The number of nitrogens with zero attached hydrogens (tertiary/aromatic N) is 3. The molecule has 1 N–H and O–H groups in total. The number of hydrogen-bond acceptors (Lipinski definition) is 9. The number of benzene rings is 1. The summed E-state index contributed by atoms with van der Waals surface area (Å²) in [5.74, 6) is 0.255. The largest absolute Gasteiger partial charge is 0.508 e. The van der Waals surface area contributed by atoms with Crippen LogP contribution in [0.2, 0.25) is 0 Å². The lowest BCUT2D eigenvalue weighted by molar-refractivity contribution is -0.144. The van der Waals surface area contributed by atoms with E-state index in [1.807, 2.05) is 31.7 Å². The molecule has 0 aliphatic heterocycles. The number of aromatic nitrogens is 3. The van der Waals surface area contributed by atoms with Crippen LogP contribution in [0.15, 0.2) is 36.5 Å². The summed E-state index contributed by atoms with van der Waals surface area (Å²) in [5.41, 5.74) is 1.19. The van der Waals surface area contributed by atoms with E-state index < -0.39 is 30.9 Å². The van der Waals surface area contributed by atoms with Crippen molar-refractivity contribution in [2.75, 3.05) is 13.7 Å². The predicted molar refractivity (Wildman–Crippen MR) is 112 cm³/mol. The normalized spacial score (nSPS) is 14.3. The summed E-state index contributed by atoms with van der Waals surface area (Å²) < 4.78 is 21.2. The zero-order valence-corrected chi connectivity index (χ0v) is 17.9. The molecule has 1 amide bonds. The minimum atomic E-state index is -1.27. The Morgan fingerprint density at radius 3 is 2.52 bits per heavy atom. The van der Waals surface area contributed by atoms with Crippen molar-refractivity contribution in [3.63, 3.8) is 0 Å². The van der Waals surface area contributed by atoms with Gasteiger partial charge < -0.3 is 24.3 Å². The Morgan fingerprint density at radius 1 is 1.03 bits per heavy atom. The molecule has 0 unspecified atom stereocenters. The summed E-state index contributed by atoms with van der Waals surface area (Å²) in [6, 6.07) is 7.74. The zero-order valence-electron chi connectivity index (χ0n) is 17.9. The fourth-order valence-electron chi connectivity index (χ4n) is 2.73. The number of carbonyl (C=O) groups excluding carboxylic acids is 3. The van der Waals surface area contributed by atoms with Crippen LogP contribution in [0, 0.1) is 31.6 Å². The number of rotatable bonds is 10. The lowest BCUT2D eigenvalue weighted by Crippen LogP contribution is -2.45. The molecule has 3 rings (SSSR count). The SMILES string of the molecule is COC(=O)[C@H](COC(=O)OCc1cn(C[C]2[CH][CH][CH][CH]2)nn1)NC(=O)OCc1ccccc1. The average molecular weight is 455 g/mol. The molecular weight excluding hydrogens is 432 g/mol. The van der Waals surface area contributed by atoms with Crippen LogP contribution >= 0.6 is 0 Å². The lowest BCUT2D eigenvalue weighted by Gasteiger charge is -2.16. The van der Waals surface area contributed by atoms with Crippen molar-refractivity contribution in [2.24, 2.45) is 0 Å². The van der Waals surface area contributed by atoms with Crippen molar-refractivity contribution < 1.29 is 33.3 Å². The number of esters is 1. The van der Waals surface area contributed by atoms with Gasteiger partial charge in [0.1, 0.15) is 25.5 Å². The molecule has 173 valence electrons. The van der Waals surface area contributed by atoms with E-state index in [-0.39, 0.29) is 13.2 Å². The molecule has 0 bridgehead atoms. The van der Waals surface area contributed by atoms with Gasteiger partial charge in [0.2, 0.25) is 0 Å². The second kappa shape index (κ2) is 12.4. The Morgan fingerprint density at radius 2 is 1.79 bits per heavy atom. The Kier molecular flexibility index (Phi) is 9.04. The maximum atomic E-state index is 12.0. The highest BCUT2D eigenvalue weighted by Crippen LogP contribution is 2.24. The van der Waals surface area contributed by atoms with Gasteiger partial charge in [-0.1, -0.05) is 35.5 Å². The van der Waals surface area contributed by atoms with Gasteiger partial charge >= 0.3 is 18.2 Å². The molecule has 1 saturated carbocycles. The molecule has 1 heterocycles. The first-order chi connectivity index (χ1) is 16.0. The van der Waals surface area contributed by atoms with Crippen LogP contribution in [0.3, 0.4) is 0 Å². The highest BCUT2D eigenvalue weighted by atomic mass is 16.7. The Labute approximate surface area is 191 Å². The molecule has 0 saturated heterocycles. The van der Waals surface area contributed by atoms with E-state index in [4.69, 9.17) is 14.2 Å². The molecule has 5 radical (unpaired) electrons. The summed E-state index contributed by atoms with van der Waals surface area (Å²) in [7, 11) is 1.14. The van der Waals surface area contributed by atoms with E-state index in [9.17, 15) is 14.4 Å². The van der Waals surface area contributed by atoms with Crippen molar-refractivity contribution in [1.82, 2.24) is 20.3 Å². The molecule has 1 aromatic heterocycles. The first-order valence-corrected chi connectivity index (χ1v) is 9.97. The Balaban J connectivity index is 1.39. The minimum Gasteiger partial charge on any atom is -0.467 e. The highest BCUT2D eigenvalue weighted by molar-refractivity contribution is 5.81. The number of nitrogens with one attached hydrogen (secondary N) is 1. The number of carbonyl (C=O) groups is 3. The summed E-state index contributed by atoms with van der Waals surface area (Å²) in [6.07, 6.45) is 7.48. The van der Waals surface area contributed by atoms with E-state index in [1.54, 1.807) is 35.1 Å². The first kappa shape index (κ1) is 24.0. The quantitative estimate of drug-likeness (QED) is 0.421. The molecule has 1 atom stereocenters. The van der Waals surface area contributed by atoms with E-state index in [2.05, 4.69) is 20.4 Å². The lowest BCUT2D eigenvalue weighted by atomic mass is 10.1. The van der Waals surface area contributed by atoms with Crippen LogP contribution in [0.5, 0.6) is 0 Å². The maximum Gasteiger partial charge on any atom is 0.508 e. The molecule has 1 fully saturated rings. The number of amides is 1. The molecule has 0 spiro atoms. The second-order valence-electron chi connectivity index (χ2n) is 6.83. The van der Waals surface area contributed by atoms with Gasteiger partial charge in [0, 0.05) is 12.5 Å². The smallest absolute Gasteiger partial charge is 0.467 e. The fourth-order valence-corrected chi connectivity index (χ4v) is 2.73. The average Bonchev–Trinajstić information content (AvgIpc) is 3.51. The van der Waals surface area contributed by atoms with Crippen molar-refractivity contribution in [1.29, 1.82) is 0 Å². The second-order valence-corrected chi connectivity index (χ2v) is 6.83. The van der Waals surface area contributed by atoms with Gasteiger partial charge in [-0.3, -0.25) is 4.68 Å². The van der Waals surface area contributed by atoms with Gasteiger partial charge in [0.05, 0.1) is 13.3 Å². The predicted octanol–water partition coefficient (Wildman–Crippen LogP) is 1.80. The molecule has 1 aliphatic rings.